The Kier molecular flexibility index (Phi) is 3.24. The van der Waals surface area contributed by atoms with Crippen molar-refractivity contribution in [3.8, 4) is 0 Å². The van der Waals surface area contributed by atoms with Crippen LogP contribution in [0.25, 0.3) is 0 Å². The molecule has 1 aliphatic carbocycles. The molecular weight excluding hydrogens is 223 g/mol. The lowest BCUT2D eigenvalue weighted by atomic mass is 10.2. The Morgan fingerprint density at radius 2 is 1.81 bits per heavy atom. The first kappa shape index (κ1) is 13.3. The average molecular weight is 239 g/mol. The fourth-order valence-electron chi connectivity index (χ4n) is 1.19. The van der Waals surface area contributed by atoms with Crippen molar-refractivity contribution in [1.82, 2.24) is 5.32 Å². The third-order valence-corrected chi connectivity index (χ3v) is 2.31. The number of amides is 1. The lowest BCUT2D eigenvalue weighted by Gasteiger charge is -2.23. The van der Waals surface area contributed by atoms with E-state index in [0.29, 0.717) is 0 Å². The highest BCUT2D eigenvalue weighted by Crippen LogP contribution is 2.48. The summed E-state index contributed by atoms with van der Waals surface area (Å²) in [4.78, 5) is 11.3. The number of ether oxygens (including phenoxy) is 1. The summed E-state index contributed by atoms with van der Waals surface area (Å²) < 4.78 is 42.5. The molecule has 0 aliphatic heterocycles. The molecule has 0 radical (unpaired) electrons. The summed E-state index contributed by atoms with van der Waals surface area (Å²) in [5.41, 5.74) is -2.53. The summed E-state index contributed by atoms with van der Waals surface area (Å²) in [6, 6.07) is 0. The van der Waals surface area contributed by atoms with Gasteiger partial charge < -0.3 is 10.1 Å². The zero-order valence-electron chi connectivity index (χ0n) is 9.57. The molecule has 1 aliphatic rings. The largest absolute Gasteiger partial charge is 0.411 e. The lowest BCUT2D eigenvalue weighted by Crippen LogP contribution is -2.49. The van der Waals surface area contributed by atoms with Crippen LogP contribution in [0.5, 0.6) is 0 Å². The SMILES string of the molecule is CC(C)(C)OCC(=O)NC1(C(F)(F)F)CC1. The van der Waals surface area contributed by atoms with E-state index in [-0.39, 0.29) is 19.4 Å². The molecule has 1 amide bonds. The highest BCUT2D eigenvalue weighted by atomic mass is 19.4. The first-order valence-electron chi connectivity index (χ1n) is 5.07. The van der Waals surface area contributed by atoms with Gasteiger partial charge in [0.1, 0.15) is 12.1 Å². The summed E-state index contributed by atoms with van der Waals surface area (Å²) in [6.45, 7) is 4.85. The second kappa shape index (κ2) is 3.91. The van der Waals surface area contributed by atoms with E-state index in [1.54, 1.807) is 20.8 Å². The normalized spacial score (nSPS) is 19.4. The molecule has 1 fully saturated rings. The van der Waals surface area contributed by atoms with Gasteiger partial charge in [0.05, 0.1) is 5.60 Å². The van der Waals surface area contributed by atoms with E-state index < -0.39 is 23.2 Å². The van der Waals surface area contributed by atoms with Crippen molar-refractivity contribution in [2.75, 3.05) is 6.61 Å². The molecule has 0 aromatic rings. The standard InChI is InChI=1S/C10H16F3NO2/c1-8(2,3)16-6-7(15)14-9(4-5-9)10(11,12)13/h4-6H2,1-3H3,(H,14,15). The third kappa shape index (κ3) is 3.37. The first-order chi connectivity index (χ1) is 7.06. The van der Waals surface area contributed by atoms with E-state index in [0.717, 1.165) is 0 Å². The van der Waals surface area contributed by atoms with Crippen molar-refractivity contribution < 1.29 is 22.7 Å². The van der Waals surface area contributed by atoms with Crippen molar-refractivity contribution in [1.29, 1.82) is 0 Å². The van der Waals surface area contributed by atoms with E-state index in [4.69, 9.17) is 4.74 Å². The van der Waals surface area contributed by atoms with Gasteiger partial charge in [-0.05, 0) is 33.6 Å². The van der Waals surface area contributed by atoms with Crippen LogP contribution in [-0.2, 0) is 9.53 Å². The molecule has 6 heteroatoms. The Morgan fingerprint density at radius 1 is 1.31 bits per heavy atom. The Morgan fingerprint density at radius 3 is 2.12 bits per heavy atom. The van der Waals surface area contributed by atoms with Crippen molar-refractivity contribution >= 4 is 5.91 Å². The van der Waals surface area contributed by atoms with Crippen LogP contribution < -0.4 is 5.32 Å². The minimum absolute atomic E-state index is 0.0439. The summed E-state index contributed by atoms with van der Waals surface area (Å²) in [6.07, 6.45) is -4.46. The van der Waals surface area contributed by atoms with E-state index in [1.807, 2.05) is 5.32 Å². The van der Waals surface area contributed by atoms with Gasteiger partial charge >= 0.3 is 6.18 Å². The monoisotopic (exact) mass is 239 g/mol. The summed E-state index contributed by atoms with van der Waals surface area (Å²) in [7, 11) is 0. The fourth-order valence-corrected chi connectivity index (χ4v) is 1.19. The van der Waals surface area contributed by atoms with Gasteiger partial charge in [0, 0.05) is 0 Å². The molecule has 1 rings (SSSR count). The summed E-state index contributed by atoms with van der Waals surface area (Å²) in [5, 5.41) is 1.99. The van der Waals surface area contributed by atoms with Crippen molar-refractivity contribution in [3.63, 3.8) is 0 Å². The van der Waals surface area contributed by atoms with Crippen LogP contribution in [0.3, 0.4) is 0 Å². The Hall–Kier alpha value is -0.780. The van der Waals surface area contributed by atoms with Crippen LogP contribution >= 0.6 is 0 Å². The third-order valence-electron chi connectivity index (χ3n) is 2.31. The van der Waals surface area contributed by atoms with Crippen molar-refractivity contribution in [2.24, 2.45) is 0 Å². The van der Waals surface area contributed by atoms with Crippen LogP contribution in [0.1, 0.15) is 33.6 Å². The zero-order valence-corrected chi connectivity index (χ0v) is 9.57. The number of carbonyl (C=O) groups excluding carboxylic acids is 1. The molecule has 1 saturated carbocycles. The zero-order chi connectivity index (χ0) is 12.6. The maximum Gasteiger partial charge on any atom is 0.411 e. The van der Waals surface area contributed by atoms with Crippen LogP contribution in [0.4, 0.5) is 13.2 Å². The van der Waals surface area contributed by atoms with E-state index >= 15 is 0 Å². The molecule has 94 valence electrons. The highest BCUT2D eigenvalue weighted by Gasteiger charge is 2.64. The van der Waals surface area contributed by atoms with Gasteiger partial charge in [0.2, 0.25) is 5.91 Å². The Balaban J connectivity index is 2.42. The molecule has 0 spiro atoms. The molecule has 3 nitrogen and oxygen atoms in total. The van der Waals surface area contributed by atoms with Crippen molar-refractivity contribution in [2.45, 2.75) is 50.9 Å². The van der Waals surface area contributed by atoms with Gasteiger partial charge in [-0.15, -0.1) is 0 Å². The smallest absolute Gasteiger partial charge is 0.366 e. The predicted octanol–water partition coefficient (Wildman–Crippen LogP) is 2.01. The summed E-state index contributed by atoms with van der Waals surface area (Å²) >= 11 is 0. The van der Waals surface area contributed by atoms with Crippen LogP contribution in [0, 0.1) is 0 Å². The van der Waals surface area contributed by atoms with Crippen molar-refractivity contribution in [3.05, 3.63) is 0 Å². The number of hydrogen-bond donors (Lipinski definition) is 1. The Bertz CT molecular complexity index is 277. The number of rotatable bonds is 3. The molecular formula is C10H16F3NO2. The van der Waals surface area contributed by atoms with Gasteiger partial charge in [0.15, 0.2) is 0 Å². The molecule has 0 unspecified atom stereocenters. The van der Waals surface area contributed by atoms with Gasteiger partial charge in [-0.25, -0.2) is 0 Å². The number of hydrogen-bond acceptors (Lipinski definition) is 2. The van der Waals surface area contributed by atoms with Crippen LogP contribution in [-0.4, -0.2) is 29.8 Å². The van der Waals surface area contributed by atoms with Gasteiger partial charge in [-0.3, -0.25) is 4.79 Å². The summed E-state index contributed by atoms with van der Waals surface area (Å²) in [5.74, 6) is -0.718. The van der Waals surface area contributed by atoms with E-state index in [2.05, 4.69) is 0 Å². The minimum Gasteiger partial charge on any atom is -0.366 e. The molecule has 16 heavy (non-hydrogen) atoms. The average Bonchev–Trinajstić information content (AvgIpc) is 2.79. The van der Waals surface area contributed by atoms with Crippen LogP contribution in [0.15, 0.2) is 0 Å². The van der Waals surface area contributed by atoms with Gasteiger partial charge in [0.25, 0.3) is 0 Å². The maximum atomic E-state index is 12.5. The van der Waals surface area contributed by atoms with Gasteiger partial charge in [-0.1, -0.05) is 0 Å². The molecule has 0 aromatic carbocycles. The first-order valence-corrected chi connectivity index (χ1v) is 5.07. The maximum absolute atomic E-state index is 12.5. The molecule has 0 heterocycles. The van der Waals surface area contributed by atoms with E-state index in [1.165, 1.54) is 0 Å². The molecule has 0 bridgehead atoms. The number of carbonyl (C=O) groups is 1. The quantitative estimate of drug-likeness (QED) is 0.818. The minimum atomic E-state index is -4.37. The number of halogens is 3. The topological polar surface area (TPSA) is 38.3 Å². The van der Waals surface area contributed by atoms with E-state index in [9.17, 15) is 18.0 Å². The predicted molar refractivity (Wildman–Crippen MR) is 51.9 cm³/mol. The molecule has 0 aromatic heterocycles. The van der Waals surface area contributed by atoms with Crippen LogP contribution in [0.2, 0.25) is 0 Å². The lowest BCUT2D eigenvalue weighted by molar-refractivity contribution is -0.172. The second-order valence-corrected chi connectivity index (χ2v) is 5.03. The highest BCUT2D eigenvalue weighted by molar-refractivity contribution is 5.78. The Labute approximate surface area is 92.3 Å². The molecule has 1 N–H and O–H groups in total. The number of nitrogens with one attached hydrogen (secondary N) is 1. The molecule has 0 atom stereocenters. The second-order valence-electron chi connectivity index (χ2n) is 5.03. The molecule has 0 saturated heterocycles. The number of alkyl halides is 3. The fraction of sp³-hybridized carbons (Fsp3) is 0.900. The van der Waals surface area contributed by atoms with Gasteiger partial charge in [-0.2, -0.15) is 13.2 Å².